The van der Waals surface area contributed by atoms with E-state index in [4.69, 9.17) is 4.74 Å². The molecule has 0 aliphatic heterocycles. The van der Waals surface area contributed by atoms with Crippen molar-refractivity contribution < 1.29 is 4.74 Å². The van der Waals surface area contributed by atoms with Crippen molar-refractivity contribution >= 4 is 127 Å². The Kier molecular flexibility index (Phi) is 11.9. The summed E-state index contributed by atoms with van der Waals surface area (Å²) in [7, 11) is 0. The Labute approximate surface area is 169 Å². The molecule has 0 radical (unpaired) electrons. The maximum absolute atomic E-state index is 5.75. The zero-order valence-electron chi connectivity index (χ0n) is 8.42. The number of alkyl halides is 8. The third-order valence-corrected chi connectivity index (χ3v) is 5.33. The van der Waals surface area contributed by atoms with Crippen molar-refractivity contribution in [2.75, 3.05) is 0 Å². The maximum Gasteiger partial charge on any atom is 0.135 e. The summed E-state index contributed by atoms with van der Waals surface area (Å²) in [5.41, 5.74) is 0. The van der Waals surface area contributed by atoms with Gasteiger partial charge in [0.05, 0.1) is 0 Å². The molecule has 0 rings (SSSR count). The lowest BCUT2D eigenvalue weighted by molar-refractivity contribution is 0.0889. The fourth-order valence-electron chi connectivity index (χ4n) is 0.851. The highest BCUT2D eigenvalue weighted by Crippen LogP contribution is 2.40. The van der Waals surface area contributed by atoms with Crippen LogP contribution < -0.4 is 0 Å². The van der Waals surface area contributed by atoms with E-state index in [0.29, 0.717) is 0 Å². The van der Waals surface area contributed by atoms with Gasteiger partial charge >= 0.3 is 0 Å². The summed E-state index contributed by atoms with van der Waals surface area (Å²) in [5.74, 6) is 0. The number of hydrogen-bond donors (Lipinski definition) is 0. The molecule has 0 bridgehead atoms. The van der Waals surface area contributed by atoms with Crippen LogP contribution >= 0.6 is 127 Å². The van der Waals surface area contributed by atoms with Crippen molar-refractivity contribution in [3.63, 3.8) is 0 Å². The zero-order valence-corrected chi connectivity index (χ0v) is 21.1. The lowest BCUT2D eigenvalue weighted by Gasteiger charge is -2.20. The second-order valence-electron chi connectivity index (χ2n) is 3.26. The van der Waals surface area contributed by atoms with Gasteiger partial charge in [-0.15, -0.1) is 0 Å². The predicted molar refractivity (Wildman–Crippen MR) is 104 cm³/mol. The molecule has 0 aromatic rings. The van der Waals surface area contributed by atoms with Crippen LogP contribution in [0.2, 0.25) is 0 Å². The van der Waals surface area contributed by atoms with E-state index in [1.807, 2.05) is 0 Å². The minimum Gasteiger partial charge on any atom is -0.353 e. The molecule has 0 saturated carbocycles. The Balaban J connectivity index is 3.77. The van der Waals surface area contributed by atoms with Gasteiger partial charge in [0.1, 0.15) is 14.3 Å². The lowest BCUT2D eigenvalue weighted by Crippen LogP contribution is -2.16. The Bertz CT molecular complexity index is 189. The molecule has 0 spiro atoms. The third kappa shape index (κ3) is 16.0. The van der Waals surface area contributed by atoms with Crippen molar-refractivity contribution in [3.8, 4) is 0 Å². The number of rotatable bonds is 6. The van der Waals surface area contributed by atoms with Gasteiger partial charge in [-0.05, 0) is 25.7 Å². The van der Waals surface area contributed by atoms with Gasteiger partial charge in [-0.25, -0.2) is 0 Å². The monoisotopic (exact) mass is 753 g/mol. The number of ether oxygens (including phenoxy) is 1. The summed E-state index contributed by atoms with van der Waals surface area (Å²) in [6.45, 7) is 0. The van der Waals surface area contributed by atoms with Gasteiger partial charge in [0, 0.05) is 0 Å². The first kappa shape index (κ1) is 20.8. The van der Waals surface area contributed by atoms with E-state index < -0.39 is 0 Å². The van der Waals surface area contributed by atoms with Crippen molar-refractivity contribution in [1.82, 2.24) is 0 Å². The second kappa shape index (κ2) is 9.74. The molecule has 0 aliphatic carbocycles. The zero-order chi connectivity index (χ0) is 13.7. The molecule has 9 heteroatoms. The van der Waals surface area contributed by atoms with E-state index in [1.165, 1.54) is 0 Å². The smallest absolute Gasteiger partial charge is 0.135 e. The highest BCUT2D eigenvalue weighted by Gasteiger charge is 2.23. The molecule has 2 atom stereocenters. The van der Waals surface area contributed by atoms with Crippen LogP contribution in [0.5, 0.6) is 0 Å². The van der Waals surface area contributed by atoms with E-state index in [0.717, 1.165) is 25.7 Å². The normalized spacial score (nSPS) is 16.9. The molecular weight excluding hydrogens is 751 g/mol. The first-order valence-corrected chi connectivity index (χ1v) is 11.2. The maximum atomic E-state index is 5.75. The van der Waals surface area contributed by atoms with Gasteiger partial charge < -0.3 is 4.74 Å². The van der Waals surface area contributed by atoms with Gasteiger partial charge in [0.15, 0.2) is 0 Å². The molecule has 2 unspecified atom stereocenters. The average Bonchev–Trinajstić information content (AvgIpc) is 2.09. The molecule has 0 N–H and O–H groups in total. The average molecular weight is 761 g/mol. The summed E-state index contributed by atoms with van der Waals surface area (Å²) in [4.78, 5) is 0. The van der Waals surface area contributed by atoms with Crippen LogP contribution in [0, 0.1) is 0 Å². The van der Waals surface area contributed by atoms with Crippen LogP contribution in [0.25, 0.3) is 0 Å². The van der Waals surface area contributed by atoms with E-state index in [9.17, 15) is 0 Å². The molecule has 104 valence electrons. The first-order chi connectivity index (χ1) is 7.49. The number of hydrogen-bond acceptors (Lipinski definition) is 1. The van der Waals surface area contributed by atoms with Gasteiger partial charge in [-0.1, -0.05) is 127 Å². The largest absolute Gasteiger partial charge is 0.353 e. The molecule has 0 heterocycles. The Morgan fingerprint density at radius 2 is 1.00 bits per heavy atom. The first-order valence-electron chi connectivity index (χ1n) is 4.57. The van der Waals surface area contributed by atoms with Crippen LogP contribution in [0.3, 0.4) is 0 Å². The van der Waals surface area contributed by atoms with Gasteiger partial charge in [-0.2, -0.15) is 0 Å². The fraction of sp³-hybridized carbons (Fsp3) is 1.00. The molecule has 0 aromatic carbocycles. The molecule has 17 heavy (non-hydrogen) atoms. The third-order valence-electron chi connectivity index (χ3n) is 1.60. The second-order valence-corrected chi connectivity index (χ2v) is 19.8. The molecule has 0 fully saturated rings. The summed E-state index contributed by atoms with van der Waals surface area (Å²) >= 11 is 27.7. The summed E-state index contributed by atoms with van der Waals surface area (Å²) in [5, 5.41) is 0.0450. The van der Waals surface area contributed by atoms with Crippen LogP contribution in [0.15, 0.2) is 0 Å². The summed E-state index contributed by atoms with van der Waals surface area (Å²) < 4.78 is 5.33. The van der Waals surface area contributed by atoms with E-state index in [1.54, 1.807) is 0 Å². The topological polar surface area (TPSA) is 9.23 Å². The number of halogens is 8. The van der Waals surface area contributed by atoms with Crippen LogP contribution in [0.4, 0.5) is 0 Å². The van der Waals surface area contributed by atoms with Crippen LogP contribution in [-0.2, 0) is 4.74 Å². The minimum absolute atomic E-state index is 0.0225. The quantitative estimate of drug-likeness (QED) is 0.253. The predicted octanol–water partition coefficient (Wildman–Crippen LogP) is 7.68. The van der Waals surface area contributed by atoms with Gasteiger partial charge in [0.2, 0.25) is 0 Å². The fourth-order valence-corrected chi connectivity index (χ4v) is 3.49. The molecular formula is C8H10Br8O. The summed E-state index contributed by atoms with van der Waals surface area (Å²) in [6.07, 6.45) is 3.54. The van der Waals surface area contributed by atoms with Crippen molar-refractivity contribution in [2.24, 2.45) is 0 Å². The van der Waals surface area contributed by atoms with Crippen LogP contribution in [0.1, 0.15) is 25.7 Å². The Morgan fingerprint density at radius 1 is 0.706 bits per heavy atom. The van der Waals surface area contributed by atoms with Gasteiger partial charge in [0.25, 0.3) is 0 Å². The van der Waals surface area contributed by atoms with E-state index in [2.05, 4.69) is 127 Å². The minimum atomic E-state index is -0.207. The molecule has 0 saturated heterocycles. The van der Waals surface area contributed by atoms with Crippen LogP contribution in [-0.4, -0.2) is 14.3 Å². The van der Waals surface area contributed by atoms with Crippen molar-refractivity contribution in [3.05, 3.63) is 0 Å². The molecule has 0 aliphatic rings. The SMILES string of the molecule is BrC(CCC(Br)(Br)Br)OC(Br)CCC(Br)(Br)Br. The Hall–Kier alpha value is 3.80. The van der Waals surface area contributed by atoms with E-state index >= 15 is 0 Å². The highest BCUT2D eigenvalue weighted by molar-refractivity contribution is 9.39. The molecule has 1 nitrogen and oxygen atoms in total. The highest BCUT2D eigenvalue weighted by atomic mass is 80.0. The standard InChI is InChI=1S/C8H10Br8O/c9-5(1-3-7(11,12)13)17-6(10)2-4-8(14,15)16/h5-6H,1-4H2. The van der Waals surface area contributed by atoms with E-state index in [-0.39, 0.29) is 14.3 Å². The lowest BCUT2D eigenvalue weighted by atomic mass is 10.3. The Morgan fingerprint density at radius 3 is 1.24 bits per heavy atom. The van der Waals surface area contributed by atoms with Gasteiger partial charge in [-0.3, -0.25) is 0 Å². The van der Waals surface area contributed by atoms with Crippen molar-refractivity contribution in [2.45, 2.75) is 40.0 Å². The molecule has 0 aromatic heterocycles. The summed E-state index contributed by atoms with van der Waals surface area (Å²) in [6, 6.07) is 0. The molecule has 0 amide bonds. The van der Waals surface area contributed by atoms with Crippen molar-refractivity contribution in [1.29, 1.82) is 0 Å².